The van der Waals surface area contributed by atoms with Crippen molar-refractivity contribution in [2.75, 3.05) is 0 Å². The number of hydrogen-bond acceptors (Lipinski definition) is 5. The maximum Gasteiger partial charge on any atom is 0.251 e. The third kappa shape index (κ3) is 3.77. The van der Waals surface area contributed by atoms with Crippen LogP contribution in [0.4, 0.5) is 0 Å². The van der Waals surface area contributed by atoms with E-state index in [9.17, 15) is 4.79 Å². The zero-order valence-electron chi connectivity index (χ0n) is 9.98. The van der Waals surface area contributed by atoms with Crippen LogP contribution in [0.25, 0.3) is 0 Å². The summed E-state index contributed by atoms with van der Waals surface area (Å²) in [7, 11) is 0. The number of hydrogen-bond donors (Lipinski definition) is 1. The number of aromatic amines is 1. The fourth-order valence-corrected chi connectivity index (χ4v) is 2.83. The number of halogens is 2. The molecule has 2 aromatic rings. The average molecular weight is 362 g/mol. The molecule has 0 bridgehead atoms. The molecule has 0 aromatic carbocycles. The van der Waals surface area contributed by atoms with Gasteiger partial charge in [0.2, 0.25) is 0 Å². The number of nitrogens with zero attached hydrogens (tertiary/aromatic N) is 3. The summed E-state index contributed by atoms with van der Waals surface area (Å²) in [6, 6.07) is 1.51. The average Bonchev–Trinajstić information content (AvgIpc) is 2.35. The molecule has 2 heterocycles. The van der Waals surface area contributed by atoms with Crippen molar-refractivity contribution in [1.29, 1.82) is 0 Å². The molecule has 8 heteroatoms. The summed E-state index contributed by atoms with van der Waals surface area (Å²) in [6.07, 6.45) is 3.07. The molecule has 5 nitrogen and oxygen atoms in total. The van der Waals surface area contributed by atoms with Crippen LogP contribution in [0.2, 0.25) is 5.15 Å². The van der Waals surface area contributed by atoms with E-state index < -0.39 is 0 Å². The first kappa shape index (κ1) is 14.5. The maximum absolute atomic E-state index is 11.5. The van der Waals surface area contributed by atoms with Gasteiger partial charge in [-0.05, 0) is 34.1 Å². The van der Waals surface area contributed by atoms with Crippen molar-refractivity contribution >= 4 is 39.3 Å². The zero-order valence-corrected chi connectivity index (χ0v) is 13.1. The van der Waals surface area contributed by atoms with Crippen molar-refractivity contribution in [3.63, 3.8) is 0 Å². The number of rotatable bonds is 4. The number of H-pyrrole nitrogens is 1. The third-order valence-corrected chi connectivity index (χ3v) is 4.61. The molecule has 0 atom stereocenters. The van der Waals surface area contributed by atoms with E-state index in [-0.39, 0.29) is 5.56 Å². The SMILES string of the molecule is CCCc1cc(=O)[nH]c(Sc2ncnc(Cl)c2Br)n1. The fraction of sp³-hybridized carbons (Fsp3) is 0.273. The van der Waals surface area contributed by atoms with E-state index in [1.54, 1.807) is 0 Å². The molecule has 100 valence electrons. The molecule has 0 saturated carbocycles. The van der Waals surface area contributed by atoms with Crippen LogP contribution < -0.4 is 5.56 Å². The Labute approximate surface area is 127 Å². The second-order valence-corrected chi connectivity index (χ2v) is 5.81. The summed E-state index contributed by atoms with van der Waals surface area (Å²) in [4.78, 5) is 26.5. The minimum absolute atomic E-state index is 0.169. The molecule has 2 rings (SSSR count). The van der Waals surface area contributed by atoms with E-state index >= 15 is 0 Å². The Morgan fingerprint density at radius 3 is 3.00 bits per heavy atom. The van der Waals surface area contributed by atoms with Crippen molar-refractivity contribution in [2.45, 2.75) is 29.9 Å². The number of nitrogens with one attached hydrogen (secondary N) is 1. The molecular weight excluding hydrogens is 352 g/mol. The molecule has 0 aliphatic heterocycles. The van der Waals surface area contributed by atoms with Gasteiger partial charge in [-0.3, -0.25) is 4.79 Å². The van der Waals surface area contributed by atoms with Crippen LogP contribution in [0.1, 0.15) is 19.0 Å². The lowest BCUT2D eigenvalue weighted by atomic mass is 10.2. The molecule has 2 aromatic heterocycles. The van der Waals surface area contributed by atoms with Gasteiger partial charge in [0.1, 0.15) is 16.5 Å². The largest absolute Gasteiger partial charge is 0.301 e. The Kier molecular flexibility index (Phi) is 4.95. The highest BCUT2D eigenvalue weighted by atomic mass is 79.9. The Morgan fingerprint density at radius 1 is 1.47 bits per heavy atom. The third-order valence-electron chi connectivity index (χ3n) is 2.19. The van der Waals surface area contributed by atoms with Gasteiger partial charge in [0, 0.05) is 11.8 Å². The van der Waals surface area contributed by atoms with Gasteiger partial charge < -0.3 is 4.98 Å². The second kappa shape index (κ2) is 6.49. The van der Waals surface area contributed by atoms with E-state index in [4.69, 9.17) is 11.6 Å². The topological polar surface area (TPSA) is 71.5 Å². The van der Waals surface area contributed by atoms with Gasteiger partial charge in [-0.1, -0.05) is 24.9 Å². The highest BCUT2D eigenvalue weighted by Gasteiger charge is 2.10. The molecule has 0 spiro atoms. The lowest BCUT2D eigenvalue weighted by Crippen LogP contribution is -2.10. The first-order chi connectivity index (χ1) is 9.10. The Balaban J connectivity index is 2.32. The summed E-state index contributed by atoms with van der Waals surface area (Å²) in [5.74, 6) is 0. The van der Waals surface area contributed by atoms with Crippen LogP contribution >= 0.6 is 39.3 Å². The molecule has 0 aliphatic carbocycles. The fourth-order valence-electron chi connectivity index (χ4n) is 1.41. The first-order valence-corrected chi connectivity index (χ1v) is 7.53. The van der Waals surface area contributed by atoms with Gasteiger partial charge in [0.25, 0.3) is 5.56 Å². The summed E-state index contributed by atoms with van der Waals surface area (Å²) in [5, 5.41) is 1.42. The first-order valence-electron chi connectivity index (χ1n) is 5.54. The van der Waals surface area contributed by atoms with Crippen molar-refractivity contribution < 1.29 is 0 Å². The number of aryl methyl sites for hydroxylation is 1. The lowest BCUT2D eigenvalue weighted by molar-refractivity contribution is 0.814. The van der Waals surface area contributed by atoms with Gasteiger partial charge in [-0.15, -0.1) is 0 Å². The molecule has 0 radical (unpaired) electrons. The Morgan fingerprint density at radius 2 is 2.26 bits per heavy atom. The zero-order chi connectivity index (χ0) is 13.8. The lowest BCUT2D eigenvalue weighted by Gasteiger charge is -2.04. The summed E-state index contributed by atoms with van der Waals surface area (Å²) in [5.41, 5.74) is 0.599. The normalized spacial score (nSPS) is 10.7. The van der Waals surface area contributed by atoms with E-state index in [0.29, 0.717) is 19.8 Å². The van der Waals surface area contributed by atoms with Gasteiger partial charge >= 0.3 is 0 Å². The van der Waals surface area contributed by atoms with Gasteiger partial charge in [0.05, 0.1) is 4.47 Å². The van der Waals surface area contributed by atoms with Crippen molar-refractivity contribution in [3.05, 3.63) is 38.1 Å². The highest BCUT2D eigenvalue weighted by molar-refractivity contribution is 9.10. The van der Waals surface area contributed by atoms with E-state index in [1.807, 2.05) is 6.92 Å². The Bertz CT molecular complexity index is 649. The van der Waals surface area contributed by atoms with Crippen molar-refractivity contribution in [3.8, 4) is 0 Å². The smallest absolute Gasteiger partial charge is 0.251 e. The van der Waals surface area contributed by atoms with Gasteiger partial charge in [-0.25, -0.2) is 15.0 Å². The van der Waals surface area contributed by atoms with E-state index in [0.717, 1.165) is 18.5 Å². The molecule has 0 saturated heterocycles. The minimum Gasteiger partial charge on any atom is -0.301 e. The minimum atomic E-state index is -0.169. The molecule has 0 unspecified atom stereocenters. The van der Waals surface area contributed by atoms with Gasteiger partial charge in [0.15, 0.2) is 5.16 Å². The quantitative estimate of drug-likeness (QED) is 0.669. The van der Waals surface area contributed by atoms with Crippen LogP contribution in [-0.2, 0) is 6.42 Å². The van der Waals surface area contributed by atoms with Crippen LogP contribution in [0.5, 0.6) is 0 Å². The Hall–Kier alpha value is -0.920. The van der Waals surface area contributed by atoms with Crippen LogP contribution in [0, 0.1) is 0 Å². The predicted molar refractivity (Wildman–Crippen MR) is 77.7 cm³/mol. The van der Waals surface area contributed by atoms with E-state index in [1.165, 1.54) is 24.2 Å². The van der Waals surface area contributed by atoms with Crippen LogP contribution in [-0.4, -0.2) is 19.9 Å². The van der Waals surface area contributed by atoms with Gasteiger partial charge in [-0.2, -0.15) is 0 Å². The molecular formula is C11H10BrClN4OS. The highest BCUT2D eigenvalue weighted by Crippen LogP contribution is 2.32. The predicted octanol–water partition coefficient (Wildman–Crippen LogP) is 3.08. The molecule has 0 fully saturated rings. The monoisotopic (exact) mass is 360 g/mol. The number of aromatic nitrogens is 4. The summed E-state index contributed by atoms with van der Waals surface area (Å²) >= 11 is 10.4. The maximum atomic E-state index is 11.5. The molecule has 0 amide bonds. The summed E-state index contributed by atoms with van der Waals surface area (Å²) in [6.45, 7) is 2.04. The molecule has 1 N–H and O–H groups in total. The van der Waals surface area contributed by atoms with Crippen LogP contribution in [0.15, 0.2) is 31.8 Å². The second-order valence-electron chi connectivity index (χ2n) is 3.68. The molecule has 19 heavy (non-hydrogen) atoms. The van der Waals surface area contributed by atoms with Crippen LogP contribution in [0.3, 0.4) is 0 Å². The standard InChI is InChI=1S/C11H10BrClN4OS/c1-2-3-6-4-7(18)17-11(16-6)19-10-8(12)9(13)14-5-15-10/h4-5H,2-3H2,1H3,(H,16,17,18). The van der Waals surface area contributed by atoms with Crippen molar-refractivity contribution in [2.24, 2.45) is 0 Å². The molecule has 0 aliphatic rings. The van der Waals surface area contributed by atoms with Crippen molar-refractivity contribution in [1.82, 2.24) is 19.9 Å². The van der Waals surface area contributed by atoms with E-state index in [2.05, 4.69) is 35.9 Å². The summed E-state index contributed by atoms with van der Waals surface area (Å²) < 4.78 is 0.588.